The van der Waals surface area contributed by atoms with Crippen molar-refractivity contribution in [2.24, 2.45) is 0 Å². The summed E-state index contributed by atoms with van der Waals surface area (Å²) in [5, 5.41) is 0. The van der Waals surface area contributed by atoms with E-state index < -0.39 is 21.4 Å². The van der Waals surface area contributed by atoms with Crippen LogP contribution in [0.3, 0.4) is 0 Å². The molecule has 0 bridgehead atoms. The highest BCUT2D eigenvalue weighted by Gasteiger charge is 2.48. The van der Waals surface area contributed by atoms with Crippen LogP contribution in [0, 0.1) is 0 Å². The number of fused-ring (bicyclic) bond motifs is 1. The quantitative estimate of drug-likeness (QED) is 0.567. The zero-order valence-electron chi connectivity index (χ0n) is 13.2. The summed E-state index contributed by atoms with van der Waals surface area (Å²) in [6.45, 7) is 3.76. The molecule has 0 aromatic heterocycles. The molecule has 1 aliphatic rings. The molecular weight excluding hydrogens is 351 g/mol. The van der Waals surface area contributed by atoms with Gasteiger partial charge in [-0.2, -0.15) is 21.6 Å². The van der Waals surface area contributed by atoms with Crippen molar-refractivity contribution in [1.82, 2.24) is 4.90 Å². The molecule has 0 aliphatic carbocycles. The van der Waals surface area contributed by atoms with E-state index in [1.54, 1.807) is 0 Å². The SMILES string of the molecule is CCCN(C)CC1COc2ccc(OS(=O)(=O)C(F)(F)F)cc2O1. The molecule has 0 amide bonds. The molecule has 136 valence electrons. The highest BCUT2D eigenvalue weighted by Crippen LogP contribution is 2.37. The minimum absolute atomic E-state index is 0.144. The minimum atomic E-state index is -5.72. The van der Waals surface area contributed by atoms with E-state index in [1.807, 2.05) is 18.9 Å². The normalized spacial score (nSPS) is 17.8. The Bertz CT molecular complexity index is 677. The molecule has 1 atom stereocenters. The number of benzene rings is 1. The molecule has 0 saturated carbocycles. The van der Waals surface area contributed by atoms with Gasteiger partial charge >= 0.3 is 15.6 Å². The number of alkyl halides is 3. The van der Waals surface area contributed by atoms with Crippen LogP contribution >= 0.6 is 0 Å². The van der Waals surface area contributed by atoms with Crippen molar-refractivity contribution in [2.45, 2.75) is 25.0 Å². The number of hydrogen-bond acceptors (Lipinski definition) is 6. The number of hydrogen-bond donors (Lipinski definition) is 0. The van der Waals surface area contributed by atoms with Gasteiger partial charge in [0.05, 0.1) is 0 Å². The van der Waals surface area contributed by atoms with Crippen LogP contribution in [0.4, 0.5) is 13.2 Å². The van der Waals surface area contributed by atoms with Gasteiger partial charge in [-0.25, -0.2) is 0 Å². The second-order valence-corrected chi connectivity index (χ2v) is 6.94. The Morgan fingerprint density at radius 1 is 1.33 bits per heavy atom. The first-order chi connectivity index (χ1) is 11.1. The summed E-state index contributed by atoms with van der Waals surface area (Å²) in [6, 6.07) is 3.46. The van der Waals surface area contributed by atoms with E-state index in [4.69, 9.17) is 9.47 Å². The van der Waals surface area contributed by atoms with Crippen molar-refractivity contribution in [3.63, 3.8) is 0 Å². The summed E-state index contributed by atoms with van der Waals surface area (Å²) >= 11 is 0. The van der Waals surface area contributed by atoms with Gasteiger partial charge in [-0.05, 0) is 32.1 Å². The molecule has 2 rings (SSSR count). The maximum absolute atomic E-state index is 12.4. The minimum Gasteiger partial charge on any atom is -0.486 e. The molecule has 10 heteroatoms. The van der Waals surface area contributed by atoms with E-state index in [1.165, 1.54) is 6.07 Å². The fraction of sp³-hybridized carbons (Fsp3) is 0.571. The Kier molecular flexibility index (Phi) is 5.49. The summed E-state index contributed by atoms with van der Waals surface area (Å²) in [6.07, 6.45) is 0.650. The Morgan fingerprint density at radius 3 is 2.67 bits per heavy atom. The Balaban J connectivity index is 2.11. The molecule has 0 N–H and O–H groups in total. The van der Waals surface area contributed by atoms with Crippen LogP contribution in [-0.2, 0) is 10.1 Å². The van der Waals surface area contributed by atoms with E-state index >= 15 is 0 Å². The molecule has 1 aromatic rings. The van der Waals surface area contributed by atoms with Crippen LogP contribution in [0.1, 0.15) is 13.3 Å². The first kappa shape index (κ1) is 18.7. The van der Waals surface area contributed by atoms with Gasteiger partial charge in [0.25, 0.3) is 0 Å². The van der Waals surface area contributed by atoms with Crippen molar-refractivity contribution in [1.29, 1.82) is 0 Å². The maximum Gasteiger partial charge on any atom is 0.534 e. The second kappa shape index (κ2) is 7.06. The number of nitrogens with zero attached hydrogens (tertiary/aromatic N) is 1. The number of halogens is 3. The zero-order chi connectivity index (χ0) is 18.0. The predicted molar refractivity (Wildman–Crippen MR) is 79.7 cm³/mol. The van der Waals surface area contributed by atoms with Crippen molar-refractivity contribution in [3.8, 4) is 17.2 Å². The van der Waals surface area contributed by atoms with Gasteiger partial charge in [0.1, 0.15) is 18.5 Å². The third-order valence-corrected chi connectivity index (χ3v) is 4.22. The Labute approximate surface area is 138 Å². The lowest BCUT2D eigenvalue weighted by atomic mass is 10.2. The Hall–Kier alpha value is -1.68. The molecule has 0 radical (unpaired) electrons. The van der Waals surface area contributed by atoms with Gasteiger partial charge < -0.3 is 18.6 Å². The third-order valence-electron chi connectivity index (χ3n) is 3.24. The first-order valence-electron chi connectivity index (χ1n) is 7.25. The van der Waals surface area contributed by atoms with Crippen molar-refractivity contribution in [3.05, 3.63) is 18.2 Å². The van der Waals surface area contributed by atoms with Crippen LogP contribution in [0.25, 0.3) is 0 Å². The van der Waals surface area contributed by atoms with E-state index in [9.17, 15) is 21.6 Å². The van der Waals surface area contributed by atoms with E-state index in [0.29, 0.717) is 18.9 Å². The lowest BCUT2D eigenvalue weighted by Crippen LogP contribution is -2.39. The molecule has 1 heterocycles. The van der Waals surface area contributed by atoms with E-state index in [-0.39, 0.29) is 11.9 Å². The highest BCUT2D eigenvalue weighted by molar-refractivity contribution is 7.88. The topological polar surface area (TPSA) is 65.1 Å². The van der Waals surface area contributed by atoms with Gasteiger partial charge in [-0.15, -0.1) is 0 Å². The van der Waals surface area contributed by atoms with E-state index in [0.717, 1.165) is 25.1 Å². The Morgan fingerprint density at radius 2 is 2.04 bits per heavy atom. The van der Waals surface area contributed by atoms with Gasteiger partial charge in [0.2, 0.25) is 0 Å². The maximum atomic E-state index is 12.4. The molecular formula is C14H18F3NO5S. The second-order valence-electron chi connectivity index (χ2n) is 5.40. The lowest BCUT2D eigenvalue weighted by molar-refractivity contribution is -0.0500. The summed E-state index contributed by atoms with van der Waals surface area (Å²) in [5.74, 6) is -0.0237. The number of ether oxygens (including phenoxy) is 2. The lowest BCUT2D eigenvalue weighted by Gasteiger charge is -2.29. The van der Waals surface area contributed by atoms with Crippen LogP contribution in [0.15, 0.2) is 18.2 Å². The summed E-state index contributed by atoms with van der Waals surface area (Å²) in [7, 11) is -3.81. The van der Waals surface area contributed by atoms with Gasteiger partial charge in [0.15, 0.2) is 11.5 Å². The predicted octanol–water partition coefficient (Wildman–Crippen LogP) is 2.40. The number of rotatable bonds is 6. The molecule has 1 aromatic carbocycles. The van der Waals surface area contributed by atoms with Gasteiger partial charge in [-0.3, -0.25) is 0 Å². The van der Waals surface area contributed by atoms with Crippen LogP contribution in [-0.4, -0.2) is 51.7 Å². The molecule has 1 aliphatic heterocycles. The molecule has 1 unspecified atom stereocenters. The monoisotopic (exact) mass is 369 g/mol. The fourth-order valence-electron chi connectivity index (χ4n) is 2.23. The van der Waals surface area contributed by atoms with Crippen molar-refractivity contribution >= 4 is 10.1 Å². The van der Waals surface area contributed by atoms with E-state index in [2.05, 4.69) is 4.18 Å². The number of likely N-dealkylation sites (N-methyl/N-ethyl adjacent to an activating group) is 1. The highest BCUT2D eigenvalue weighted by atomic mass is 32.2. The summed E-state index contributed by atoms with van der Waals surface area (Å²) < 4.78 is 74.4. The van der Waals surface area contributed by atoms with Gasteiger partial charge in [-0.1, -0.05) is 6.92 Å². The van der Waals surface area contributed by atoms with Crippen molar-refractivity contribution < 1.29 is 35.2 Å². The largest absolute Gasteiger partial charge is 0.534 e. The molecule has 6 nitrogen and oxygen atoms in total. The molecule has 24 heavy (non-hydrogen) atoms. The smallest absolute Gasteiger partial charge is 0.486 e. The summed E-state index contributed by atoms with van der Waals surface area (Å²) in [5.41, 5.74) is -5.49. The van der Waals surface area contributed by atoms with Gasteiger partial charge in [0, 0.05) is 12.6 Å². The van der Waals surface area contributed by atoms with Crippen molar-refractivity contribution in [2.75, 3.05) is 26.7 Å². The van der Waals surface area contributed by atoms with Crippen LogP contribution < -0.4 is 13.7 Å². The average Bonchev–Trinajstić information content (AvgIpc) is 2.45. The molecule has 0 spiro atoms. The van der Waals surface area contributed by atoms with Crippen LogP contribution in [0.5, 0.6) is 17.2 Å². The standard InChI is InChI=1S/C14H18F3NO5S/c1-3-6-18(2)8-11-9-21-12-5-4-10(7-13(12)22-11)23-24(19,20)14(15,16)17/h4-5,7,11H,3,6,8-9H2,1-2H3. The average molecular weight is 369 g/mol. The first-order valence-corrected chi connectivity index (χ1v) is 8.66. The fourth-order valence-corrected chi connectivity index (χ4v) is 2.68. The zero-order valence-corrected chi connectivity index (χ0v) is 14.0. The summed E-state index contributed by atoms with van der Waals surface area (Å²) in [4.78, 5) is 2.04. The van der Waals surface area contributed by atoms with Crippen LogP contribution in [0.2, 0.25) is 0 Å². The molecule has 0 fully saturated rings. The third kappa shape index (κ3) is 4.44. The molecule has 0 saturated heterocycles.